The summed E-state index contributed by atoms with van der Waals surface area (Å²) in [5.74, 6) is -2.47. The molecular weight excluding hydrogens is 370 g/mol. The van der Waals surface area contributed by atoms with Crippen LogP contribution in [0.1, 0.15) is 17.3 Å². The SMILES string of the molecule is C=CCn1c(S[C@H](C)C(=O)c2ccc(F)c(F)c2)nc2ccccc2c1=O. The molecule has 3 aromatic rings. The average Bonchev–Trinajstić information content (AvgIpc) is 2.66. The fourth-order valence-electron chi connectivity index (χ4n) is 2.62. The van der Waals surface area contributed by atoms with Gasteiger partial charge in [-0.2, -0.15) is 0 Å². The second-order valence-electron chi connectivity index (χ2n) is 5.87. The Balaban J connectivity index is 1.98. The minimum absolute atomic E-state index is 0.0623. The second kappa shape index (κ2) is 7.84. The van der Waals surface area contributed by atoms with E-state index in [1.54, 1.807) is 37.3 Å². The molecule has 0 amide bonds. The Morgan fingerprint density at radius 3 is 2.70 bits per heavy atom. The summed E-state index contributed by atoms with van der Waals surface area (Å²) in [4.78, 5) is 29.8. The Bertz CT molecular complexity index is 1100. The molecule has 0 aliphatic heterocycles. The van der Waals surface area contributed by atoms with Crippen LogP contribution in [0.15, 0.2) is 65.1 Å². The number of carbonyl (C=O) groups excluding carboxylic acids is 1. The van der Waals surface area contributed by atoms with Crippen LogP contribution in [0, 0.1) is 11.6 Å². The van der Waals surface area contributed by atoms with E-state index in [4.69, 9.17) is 0 Å². The van der Waals surface area contributed by atoms with Crippen LogP contribution in [-0.2, 0) is 6.54 Å². The molecule has 1 atom stereocenters. The number of nitrogens with zero attached hydrogens (tertiary/aromatic N) is 2. The Labute approximate surface area is 158 Å². The fourth-order valence-corrected chi connectivity index (χ4v) is 3.62. The van der Waals surface area contributed by atoms with Crippen LogP contribution in [0.3, 0.4) is 0 Å². The molecule has 4 nitrogen and oxygen atoms in total. The van der Waals surface area contributed by atoms with Gasteiger partial charge in [0.15, 0.2) is 22.6 Å². The highest BCUT2D eigenvalue weighted by atomic mass is 32.2. The summed E-state index contributed by atoms with van der Waals surface area (Å²) in [7, 11) is 0. The van der Waals surface area contributed by atoms with Crippen molar-refractivity contribution in [2.24, 2.45) is 0 Å². The molecule has 0 saturated carbocycles. The zero-order valence-electron chi connectivity index (χ0n) is 14.5. The normalized spacial score (nSPS) is 12.1. The summed E-state index contributed by atoms with van der Waals surface area (Å²) in [6.45, 7) is 5.53. The number of thioether (sulfide) groups is 1. The molecule has 0 saturated heterocycles. The van der Waals surface area contributed by atoms with Gasteiger partial charge in [0.1, 0.15) is 0 Å². The van der Waals surface area contributed by atoms with Crippen molar-refractivity contribution in [3.8, 4) is 0 Å². The highest BCUT2D eigenvalue weighted by molar-refractivity contribution is 8.00. The number of para-hydroxylation sites is 1. The number of carbonyl (C=O) groups is 1. The quantitative estimate of drug-likeness (QED) is 0.275. The first kappa shape index (κ1) is 19.0. The first-order valence-corrected chi connectivity index (χ1v) is 9.06. The third kappa shape index (κ3) is 3.83. The van der Waals surface area contributed by atoms with E-state index in [1.807, 2.05) is 0 Å². The Morgan fingerprint density at radius 2 is 2.00 bits per heavy atom. The average molecular weight is 386 g/mol. The van der Waals surface area contributed by atoms with E-state index in [0.29, 0.717) is 16.1 Å². The van der Waals surface area contributed by atoms with Gasteiger partial charge < -0.3 is 0 Å². The fraction of sp³-hybridized carbons (Fsp3) is 0.150. The third-order valence-corrected chi connectivity index (χ3v) is 5.08. The van der Waals surface area contributed by atoms with E-state index in [9.17, 15) is 18.4 Å². The van der Waals surface area contributed by atoms with Crippen molar-refractivity contribution in [1.29, 1.82) is 0 Å². The van der Waals surface area contributed by atoms with E-state index in [0.717, 1.165) is 23.9 Å². The lowest BCUT2D eigenvalue weighted by Gasteiger charge is -2.15. The maximum absolute atomic E-state index is 13.4. The lowest BCUT2D eigenvalue weighted by atomic mass is 10.1. The van der Waals surface area contributed by atoms with E-state index in [2.05, 4.69) is 11.6 Å². The molecule has 1 aromatic heterocycles. The maximum atomic E-state index is 13.4. The van der Waals surface area contributed by atoms with E-state index >= 15 is 0 Å². The van der Waals surface area contributed by atoms with Gasteiger partial charge in [-0.05, 0) is 37.3 Å². The summed E-state index contributed by atoms with van der Waals surface area (Å²) >= 11 is 1.09. The van der Waals surface area contributed by atoms with Crippen LogP contribution in [-0.4, -0.2) is 20.6 Å². The van der Waals surface area contributed by atoms with E-state index in [1.165, 1.54) is 10.6 Å². The van der Waals surface area contributed by atoms with Crippen molar-refractivity contribution in [2.75, 3.05) is 0 Å². The number of halogens is 2. The molecule has 3 rings (SSSR count). The molecule has 1 heterocycles. The van der Waals surface area contributed by atoms with Gasteiger partial charge in [-0.1, -0.05) is 30.0 Å². The molecule has 0 bridgehead atoms. The maximum Gasteiger partial charge on any atom is 0.262 e. The van der Waals surface area contributed by atoms with Gasteiger partial charge in [0.2, 0.25) is 0 Å². The number of allylic oxidation sites excluding steroid dienone is 1. The number of benzene rings is 2. The number of rotatable bonds is 6. The molecule has 0 N–H and O–H groups in total. The van der Waals surface area contributed by atoms with E-state index in [-0.39, 0.29) is 23.5 Å². The second-order valence-corrected chi connectivity index (χ2v) is 7.18. The van der Waals surface area contributed by atoms with Gasteiger partial charge in [-0.3, -0.25) is 14.2 Å². The van der Waals surface area contributed by atoms with Gasteiger partial charge in [-0.25, -0.2) is 13.8 Å². The van der Waals surface area contributed by atoms with Crippen molar-refractivity contribution in [3.05, 3.63) is 82.7 Å². The number of fused-ring (bicyclic) bond motifs is 1. The largest absolute Gasteiger partial charge is 0.293 e. The summed E-state index contributed by atoms with van der Waals surface area (Å²) < 4.78 is 27.9. The van der Waals surface area contributed by atoms with Crippen molar-refractivity contribution in [3.63, 3.8) is 0 Å². The monoisotopic (exact) mass is 386 g/mol. The van der Waals surface area contributed by atoms with Gasteiger partial charge in [0.25, 0.3) is 5.56 Å². The standard InChI is InChI=1S/C20H16F2N2O2S/c1-3-10-24-19(26)14-6-4-5-7-17(14)23-20(24)27-12(2)18(25)13-8-9-15(21)16(22)11-13/h3-9,11-12H,1,10H2,2H3/t12-/m1/s1. The lowest BCUT2D eigenvalue weighted by Crippen LogP contribution is -2.24. The molecule has 0 unspecified atom stereocenters. The molecule has 2 aromatic carbocycles. The number of hydrogen-bond donors (Lipinski definition) is 0. The highest BCUT2D eigenvalue weighted by Gasteiger charge is 2.21. The number of aromatic nitrogens is 2. The Morgan fingerprint density at radius 1 is 1.26 bits per heavy atom. The molecule has 7 heteroatoms. The Hall–Kier alpha value is -2.80. The van der Waals surface area contributed by atoms with E-state index < -0.39 is 16.9 Å². The van der Waals surface area contributed by atoms with Gasteiger partial charge in [0, 0.05) is 12.1 Å². The van der Waals surface area contributed by atoms with Crippen molar-refractivity contribution in [2.45, 2.75) is 23.9 Å². The summed E-state index contributed by atoms with van der Waals surface area (Å²) in [5.41, 5.74) is 0.362. The Kier molecular flexibility index (Phi) is 5.51. The number of ketones is 1. The lowest BCUT2D eigenvalue weighted by molar-refractivity contribution is 0.0993. The summed E-state index contributed by atoms with van der Waals surface area (Å²) in [6.07, 6.45) is 1.57. The molecule has 0 radical (unpaired) electrons. The van der Waals surface area contributed by atoms with Crippen LogP contribution in [0.5, 0.6) is 0 Å². The number of hydrogen-bond acceptors (Lipinski definition) is 4. The highest BCUT2D eigenvalue weighted by Crippen LogP contribution is 2.25. The molecule has 0 fully saturated rings. The molecule has 0 aliphatic rings. The predicted molar refractivity (Wildman–Crippen MR) is 102 cm³/mol. The minimum Gasteiger partial charge on any atom is -0.293 e. The molecule has 138 valence electrons. The summed E-state index contributed by atoms with van der Waals surface area (Å²) in [5, 5.41) is 0.185. The first-order valence-electron chi connectivity index (χ1n) is 8.18. The molecular formula is C20H16F2N2O2S. The van der Waals surface area contributed by atoms with Crippen LogP contribution >= 0.6 is 11.8 Å². The zero-order chi connectivity index (χ0) is 19.6. The summed E-state index contributed by atoms with van der Waals surface area (Å²) in [6, 6.07) is 9.97. The molecule has 27 heavy (non-hydrogen) atoms. The first-order chi connectivity index (χ1) is 12.9. The molecule has 0 aliphatic carbocycles. The van der Waals surface area contributed by atoms with Crippen molar-refractivity contribution in [1.82, 2.24) is 9.55 Å². The van der Waals surface area contributed by atoms with Gasteiger partial charge in [-0.15, -0.1) is 6.58 Å². The third-order valence-electron chi connectivity index (χ3n) is 3.99. The topological polar surface area (TPSA) is 52.0 Å². The zero-order valence-corrected chi connectivity index (χ0v) is 15.3. The van der Waals surface area contributed by atoms with Crippen LogP contribution < -0.4 is 5.56 Å². The van der Waals surface area contributed by atoms with Crippen LogP contribution in [0.2, 0.25) is 0 Å². The molecule has 0 spiro atoms. The van der Waals surface area contributed by atoms with Crippen molar-refractivity contribution >= 4 is 28.4 Å². The number of Topliss-reactive ketones (excluding diaryl/α,β-unsaturated/α-hetero) is 1. The van der Waals surface area contributed by atoms with Gasteiger partial charge >= 0.3 is 0 Å². The van der Waals surface area contributed by atoms with Crippen molar-refractivity contribution < 1.29 is 13.6 Å². The minimum atomic E-state index is -1.08. The van der Waals surface area contributed by atoms with Crippen LogP contribution in [0.4, 0.5) is 8.78 Å². The smallest absolute Gasteiger partial charge is 0.262 e. The predicted octanol–water partition coefficient (Wildman–Crippen LogP) is 4.22. The van der Waals surface area contributed by atoms with Crippen LogP contribution in [0.25, 0.3) is 10.9 Å². The van der Waals surface area contributed by atoms with Gasteiger partial charge in [0.05, 0.1) is 16.2 Å².